The number of thiol groups is 1. The van der Waals surface area contributed by atoms with Crippen LogP contribution < -0.4 is 0 Å². The molecule has 76 valence electrons. The van der Waals surface area contributed by atoms with Crippen molar-refractivity contribution < 1.29 is 22.1 Å². The van der Waals surface area contributed by atoms with E-state index in [0.29, 0.717) is 12.8 Å². The van der Waals surface area contributed by atoms with Crippen molar-refractivity contribution in [2.75, 3.05) is 13.2 Å². The van der Waals surface area contributed by atoms with Gasteiger partial charge >= 0.3 is 5.97 Å². The van der Waals surface area contributed by atoms with Crippen LogP contribution in [-0.2, 0) is 24.7 Å². The first-order valence-electron chi connectivity index (χ1n) is 3.73. The van der Waals surface area contributed by atoms with Crippen molar-refractivity contribution in [1.29, 1.82) is 0 Å². The summed E-state index contributed by atoms with van der Waals surface area (Å²) in [4.78, 5) is 10.5. The van der Waals surface area contributed by atoms with Crippen molar-refractivity contribution in [2.45, 2.75) is 12.8 Å². The highest BCUT2D eigenvalue weighted by atomic mass is 32.2. The molecule has 0 rings (SSSR count). The van der Waals surface area contributed by atoms with Crippen LogP contribution in [-0.4, -0.2) is 27.6 Å². The maximum absolute atomic E-state index is 10.5. The minimum absolute atomic E-state index is 0.129. The quantitative estimate of drug-likeness (QED) is 0.277. The van der Waals surface area contributed by atoms with Crippen molar-refractivity contribution in [1.82, 2.24) is 0 Å². The van der Waals surface area contributed by atoms with Gasteiger partial charge in [0.2, 0.25) is 0 Å². The molecule has 0 aliphatic rings. The Morgan fingerprint density at radius 1 is 1.31 bits per heavy atom. The Morgan fingerprint density at radius 3 is 2.46 bits per heavy atom. The molecule has 5 nitrogen and oxygen atoms in total. The molecule has 0 heterocycles. The molecule has 0 aromatic carbocycles. The number of unbranched alkanes of at least 4 members (excludes halogenated alkanes) is 1. The topological polar surface area (TPSA) is 69.7 Å². The van der Waals surface area contributed by atoms with Gasteiger partial charge in [0.25, 0.3) is 11.0 Å². The van der Waals surface area contributed by atoms with Crippen molar-refractivity contribution in [3.8, 4) is 0 Å². The molecule has 0 unspecified atom stereocenters. The summed E-state index contributed by atoms with van der Waals surface area (Å²) in [6, 6.07) is 0. The van der Waals surface area contributed by atoms with Crippen molar-refractivity contribution in [3.63, 3.8) is 0 Å². The SMILES string of the molecule is C=CC(=O)OCCCCO[SH](=O)=O. The molecule has 0 spiro atoms. The van der Waals surface area contributed by atoms with Gasteiger partial charge in [-0.05, 0) is 12.8 Å². The second-order valence-corrected chi connectivity index (χ2v) is 2.84. The third-order valence-electron chi connectivity index (χ3n) is 1.15. The van der Waals surface area contributed by atoms with Gasteiger partial charge in [0.1, 0.15) is 0 Å². The smallest absolute Gasteiger partial charge is 0.330 e. The standard InChI is InChI=1S/C7H12O5S/c1-2-7(8)11-5-3-4-6-12-13(9)10/h2,13H,1,3-6H2. The molecule has 0 atom stereocenters. The molecule has 0 aromatic rings. The van der Waals surface area contributed by atoms with E-state index in [2.05, 4.69) is 15.5 Å². The van der Waals surface area contributed by atoms with E-state index < -0.39 is 17.0 Å². The van der Waals surface area contributed by atoms with Gasteiger partial charge in [0.05, 0.1) is 13.2 Å². The van der Waals surface area contributed by atoms with E-state index in [0.717, 1.165) is 6.08 Å². The average Bonchev–Trinajstić information content (AvgIpc) is 2.10. The summed E-state index contributed by atoms with van der Waals surface area (Å²) in [5.41, 5.74) is 0. The maximum Gasteiger partial charge on any atom is 0.330 e. The molecule has 0 saturated carbocycles. The van der Waals surface area contributed by atoms with Crippen LogP contribution in [0.5, 0.6) is 0 Å². The lowest BCUT2D eigenvalue weighted by molar-refractivity contribution is -0.137. The number of carbonyl (C=O) groups is 1. The van der Waals surface area contributed by atoms with Crippen LogP contribution in [0.3, 0.4) is 0 Å². The zero-order chi connectivity index (χ0) is 10.1. The third kappa shape index (κ3) is 9.03. The van der Waals surface area contributed by atoms with Gasteiger partial charge in [-0.3, -0.25) is 4.18 Å². The second kappa shape index (κ2) is 7.75. The lowest BCUT2D eigenvalue weighted by Gasteiger charge is -2.00. The van der Waals surface area contributed by atoms with Gasteiger partial charge in [-0.1, -0.05) is 6.58 Å². The number of esters is 1. The zero-order valence-electron chi connectivity index (χ0n) is 7.10. The van der Waals surface area contributed by atoms with Gasteiger partial charge in [0, 0.05) is 6.08 Å². The molecule has 0 aliphatic heterocycles. The van der Waals surface area contributed by atoms with E-state index in [4.69, 9.17) is 0 Å². The Kier molecular flexibility index (Phi) is 7.23. The first-order valence-corrected chi connectivity index (χ1v) is 4.83. The van der Waals surface area contributed by atoms with Crippen molar-refractivity contribution >= 4 is 17.0 Å². The predicted octanol–water partition coefficient (Wildman–Crippen LogP) is 0.0388. The van der Waals surface area contributed by atoms with Gasteiger partial charge < -0.3 is 4.74 Å². The van der Waals surface area contributed by atoms with Crippen LogP contribution in [0.1, 0.15) is 12.8 Å². The molecular formula is C7H12O5S. The normalized spacial score (nSPS) is 9.92. The Labute approximate surface area is 78.5 Å². The van der Waals surface area contributed by atoms with Gasteiger partial charge in [-0.15, -0.1) is 0 Å². The summed E-state index contributed by atoms with van der Waals surface area (Å²) >= 11 is 0. The largest absolute Gasteiger partial charge is 0.463 e. The lowest BCUT2D eigenvalue weighted by atomic mass is 10.3. The Balaban J connectivity index is 3.17. The summed E-state index contributed by atoms with van der Waals surface area (Å²) in [5.74, 6) is -0.476. The molecule has 0 radical (unpaired) electrons. The molecular weight excluding hydrogens is 196 g/mol. The van der Waals surface area contributed by atoms with E-state index in [1.165, 1.54) is 0 Å². The molecule has 0 amide bonds. The molecule has 0 saturated heterocycles. The highest BCUT2D eigenvalue weighted by Crippen LogP contribution is 1.92. The van der Waals surface area contributed by atoms with Crippen molar-refractivity contribution in [2.24, 2.45) is 0 Å². The third-order valence-corrected chi connectivity index (χ3v) is 1.54. The summed E-state index contributed by atoms with van der Waals surface area (Å²) in [5, 5.41) is 0. The summed E-state index contributed by atoms with van der Waals surface area (Å²) in [7, 11) is -2.76. The van der Waals surface area contributed by atoms with Gasteiger partial charge in [-0.25, -0.2) is 13.2 Å². The molecule has 0 aliphatic carbocycles. The highest BCUT2D eigenvalue weighted by molar-refractivity contribution is 7.67. The minimum atomic E-state index is -2.76. The summed E-state index contributed by atoms with van der Waals surface area (Å²) in [6.07, 6.45) is 2.18. The fourth-order valence-electron chi connectivity index (χ4n) is 0.575. The first kappa shape index (κ1) is 12.1. The van der Waals surface area contributed by atoms with Crippen LogP contribution in [0.25, 0.3) is 0 Å². The zero-order valence-corrected chi connectivity index (χ0v) is 8.00. The Hall–Kier alpha value is -0.880. The molecule has 0 aromatic heterocycles. The average molecular weight is 208 g/mol. The molecule has 6 heteroatoms. The van der Waals surface area contributed by atoms with E-state index in [1.807, 2.05) is 0 Å². The number of hydrogen-bond acceptors (Lipinski definition) is 5. The fraction of sp³-hybridized carbons (Fsp3) is 0.571. The summed E-state index contributed by atoms with van der Waals surface area (Å²) in [6.45, 7) is 3.60. The first-order chi connectivity index (χ1) is 6.16. The Morgan fingerprint density at radius 2 is 1.92 bits per heavy atom. The van der Waals surface area contributed by atoms with Crippen LogP contribution in [0.4, 0.5) is 0 Å². The molecule has 13 heavy (non-hydrogen) atoms. The van der Waals surface area contributed by atoms with E-state index >= 15 is 0 Å². The predicted molar refractivity (Wildman–Crippen MR) is 46.7 cm³/mol. The summed E-state index contributed by atoms with van der Waals surface area (Å²) < 4.78 is 28.7. The maximum atomic E-state index is 10.5. The van der Waals surface area contributed by atoms with E-state index in [1.54, 1.807) is 0 Å². The molecule has 0 bridgehead atoms. The number of rotatable bonds is 7. The monoisotopic (exact) mass is 208 g/mol. The van der Waals surface area contributed by atoms with Gasteiger partial charge in [0.15, 0.2) is 0 Å². The number of ether oxygens (including phenoxy) is 1. The van der Waals surface area contributed by atoms with E-state index in [-0.39, 0.29) is 13.2 Å². The van der Waals surface area contributed by atoms with Crippen LogP contribution in [0, 0.1) is 0 Å². The number of hydrogen-bond donors (Lipinski definition) is 1. The fourth-order valence-corrected chi connectivity index (χ4v) is 0.853. The van der Waals surface area contributed by atoms with Crippen molar-refractivity contribution in [3.05, 3.63) is 12.7 Å². The van der Waals surface area contributed by atoms with Crippen LogP contribution in [0.15, 0.2) is 12.7 Å². The Bertz CT molecular complexity index is 225. The van der Waals surface area contributed by atoms with Crippen LogP contribution >= 0.6 is 0 Å². The van der Waals surface area contributed by atoms with E-state index in [9.17, 15) is 13.2 Å². The second-order valence-electron chi connectivity index (χ2n) is 2.14. The molecule has 0 fully saturated rings. The van der Waals surface area contributed by atoms with Crippen LogP contribution in [0.2, 0.25) is 0 Å². The van der Waals surface area contributed by atoms with Gasteiger partial charge in [-0.2, -0.15) is 0 Å². The molecule has 0 N–H and O–H groups in total. The number of carbonyl (C=O) groups excluding carboxylic acids is 1. The highest BCUT2D eigenvalue weighted by Gasteiger charge is 1.95. The lowest BCUT2D eigenvalue weighted by Crippen LogP contribution is -2.03. The minimum Gasteiger partial charge on any atom is -0.463 e.